The molecular formula is C11H14BrNO2. The van der Waals surface area contributed by atoms with E-state index >= 15 is 0 Å². The largest absolute Gasteiger partial charge is 0.496 e. The second-order valence-electron chi connectivity index (χ2n) is 3.03. The molecule has 0 saturated carbocycles. The van der Waals surface area contributed by atoms with Gasteiger partial charge in [-0.15, -0.1) is 0 Å². The Morgan fingerprint density at radius 1 is 1.47 bits per heavy atom. The average molecular weight is 272 g/mol. The second kappa shape index (κ2) is 6.45. The molecule has 0 aliphatic heterocycles. The van der Waals surface area contributed by atoms with Crippen molar-refractivity contribution < 1.29 is 9.53 Å². The zero-order valence-corrected chi connectivity index (χ0v) is 10.2. The standard InChI is InChI=1S/C11H14BrNO2/c1-15-10-5-3-2-4-9(10)8-13-11(14)6-7-12/h2-5H,6-8H2,1H3,(H,13,14). The number of carbonyl (C=O) groups is 1. The van der Waals surface area contributed by atoms with Crippen molar-refractivity contribution in [2.45, 2.75) is 13.0 Å². The zero-order chi connectivity index (χ0) is 11.1. The minimum atomic E-state index is 0.0396. The summed E-state index contributed by atoms with van der Waals surface area (Å²) in [6.07, 6.45) is 0.495. The normalized spacial score (nSPS) is 9.73. The number of methoxy groups -OCH3 is 1. The van der Waals surface area contributed by atoms with Gasteiger partial charge in [-0.25, -0.2) is 0 Å². The lowest BCUT2D eigenvalue weighted by atomic mass is 10.2. The van der Waals surface area contributed by atoms with Gasteiger partial charge in [-0.1, -0.05) is 34.1 Å². The number of hydrogen-bond donors (Lipinski definition) is 1. The van der Waals surface area contributed by atoms with Gasteiger partial charge in [0.15, 0.2) is 0 Å². The van der Waals surface area contributed by atoms with Crippen molar-refractivity contribution in [2.24, 2.45) is 0 Å². The highest BCUT2D eigenvalue weighted by molar-refractivity contribution is 9.09. The number of carbonyl (C=O) groups excluding carboxylic acids is 1. The Bertz CT molecular complexity index is 328. The first kappa shape index (κ1) is 12.0. The molecule has 3 nitrogen and oxygen atoms in total. The van der Waals surface area contributed by atoms with Gasteiger partial charge in [-0.3, -0.25) is 4.79 Å². The number of para-hydroxylation sites is 1. The Labute approximate surface area is 97.9 Å². The maximum absolute atomic E-state index is 11.2. The number of halogens is 1. The van der Waals surface area contributed by atoms with Gasteiger partial charge in [-0.05, 0) is 6.07 Å². The molecule has 0 aliphatic rings. The summed E-state index contributed by atoms with van der Waals surface area (Å²) in [4.78, 5) is 11.2. The molecule has 1 N–H and O–H groups in total. The first-order valence-electron chi connectivity index (χ1n) is 4.72. The molecule has 0 fully saturated rings. The quantitative estimate of drug-likeness (QED) is 0.833. The molecule has 0 bridgehead atoms. The number of hydrogen-bond acceptors (Lipinski definition) is 2. The molecule has 0 heterocycles. The van der Waals surface area contributed by atoms with E-state index in [1.165, 1.54) is 0 Å². The van der Waals surface area contributed by atoms with Gasteiger partial charge in [0.25, 0.3) is 0 Å². The topological polar surface area (TPSA) is 38.3 Å². The highest BCUT2D eigenvalue weighted by Gasteiger charge is 2.03. The van der Waals surface area contributed by atoms with Crippen molar-refractivity contribution in [3.05, 3.63) is 29.8 Å². The van der Waals surface area contributed by atoms with E-state index in [1.54, 1.807) is 7.11 Å². The Morgan fingerprint density at radius 3 is 2.87 bits per heavy atom. The summed E-state index contributed by atoms with van der Waals surface area (Å²) in [7, 11) is 1.62. The fourth-order valence-electron chi connectivity index (χ4n) is 1.22. The van der Waals surface area contributed by atoms with E-state index in [1.807, 2.05) is 24.3 Å². The lowest BCUT2D eigenvalue weighted by Gasteiger charge is -2.08. The first-order chi connectivity index (χ1) is 7.27. The van der Waals surface area contributed by atoms with Crippen LogP contribution in [0.5, 0.6) is 5.75 Å². The first-order valence-corrected chi connectivity index (χ1v) is 5.84. The summed E-state index contributed by atoms with van der Waals surface area (Å²) < 4.78 is 5.18. The summed E-state index contributed by atoms with van der Waals surface area (Å²) in [5.41, 5.74) is 0.989. The van der Waals surface area contributed by atoms with Crippen molar-refractivity contribution in [2.75, 3.05) is 12.4 Å². The summed E-state index contributed by atoms with van der Waals surface area (Å²) in [5.74, 6) is 0.842. The van der Waals surface area contributed by atoms with Crippen molar-refractivity contribution in [1.82, 2.24) is 5.32 Å². The van der Waals surface area contributed by atoms with E-state index in [-0.39, 0.29) is 5.91 Å². The Balaban J connectivity index is 2.53. The van der Waals surface area contributed by atoms with E-state index in [4.69, 9.17) is 4.74 Å². The lowest BCUT2D eigenvalue weighted by molar-refractivity contribution is -0.120. The number of amides is 1. The summed E-state index contributed by atoms with van der Waals surface area (Å²) in [5, 5.41) is 3.51. The van der Waals surface area contributed by atoms with Crippen LogP contribution in [-0.2, 0) is 11.3 Å². The molecule has 0 atom stereocenters. The number of ether oxygens (including phenoxy) is 1. The van der Waals surface area contributed by atoms with Crippen LogP contribution in [0, 0.1) is 0 Å². The SMILES string of the molecule is COc1ccccc1CNC(=O)CCBr. The van der Waals surface area contributed by atoms with Crippen molar-refractivity contribution in [3.63, 3.8) is 0 Å². The van der Waals surface area contributed by atoms with Gasteiger partial charge in [0.2, 0.25) is 5.91 Å². The molecule has 0 radical (unpaired) electrons. The average Bonchev–Trinajstić information content (AvgIpc) is 2.27. The third-order valence-corrected chi connectivity index (χ3v) is 2.39. The minimum Gasteiger partial charge on any atom is -0.496 e. The molecule has 0 spiro atoms. The number of rotatable bonds is 5. The highest BCUT2D eigenvalue weighted by atomic mass is 79.9. The van der Waals surface area contributed by atoms with Crippen LogP contribution in [0.2, 0.25) is 0 Å². The monoisotopic (exact) mass is 271 g/mol. The maximum Gasteiger partial charge on any atom is 0.221 e. The van der Waals surface area contributed by atoms with Crippen LogP contribution >= 0.6 is 15.9 Å². The second-order valence-corrected chi connectivity index (χ2v) is 3.82. The number of alkyl halides is 1. The molecule has 0 aromatic heterocycles. The lowest BCUT2D eigenvalue weighted by Crippen LogP contribution is -2.22. The summed E-state index contributed by atoms with van der Waals surface area (Å²) in [6, 6.07) is 7.65. The van der Waals surface area contributed by atoms with Crippen LogP contribution in [0.25, 0.3) is 0 Å². The van der Waals surface area contributed by atoms with Crippen LogP contribution in [0.1, 0.15) is 12.0 Å². The van der Waals surface area contributed by atoms with E-state index < -0.39 is 0 Å². The van der Waals surface area contributed by atoms with E-state index in [2.05, 4.69) is 21.2 Å². The predicted molar refractivity (Wildman–Crippen MR) is 63.3 cm³/mol. The zero-order valence-electron chi connectivity index (χ0n) is 8.63. The Kier molecular flexibility index (Phi) is 5.18. The van der Waals surface area contributed by atoms with Crippen LogP contribution in [0.15, 0.2) is 24.3 Å². The van der Waals surface area contributed by atoms with Gasteiger partial charge in [0, 0.05) is 23.9 Å². The Hall–Kier alpha value is -1.03. The fourth-order valence-corrected chi connectivity index (χ4v) is 1.58. The minimum absolute atomic E-state index is 0.0396. The van der Waals surface area contributed by atoms with Crippen molar-refractivity contribution in [1.29, 1.82) is 0 Å². The van der Waals surface area contributed by atoms with Gasteiger partial charge in [0.05, 0.1) is 7.11 Å². The van der Waals surface area contributed by atoms with Gasteiger partial charge in [0.1, 0.15) is 5.75 Å². The maximum atomic E-state index is 11.2. The third-order valence-electron chi connectivity index (χ3n) is 1.99. The van der Waals surface area contributed by atoms with Crippen LogP contribution in [0.3, 0.4) is 0 Å². The molecule has 1 aromatic rings. The Morgan fingerprint density at radius 2 is 2.20 bits per heavy atom. The molecule has 0 aliphatic carbocycles. The highest BCUT2D eigenvalue weighted by Crippen LogP contribution is 2.16. The molecule has 1 rings (SSSR count). The molecule has 0 saturated heterocycles. The van der Waals surface area contributed by atoms with E-state index in [0.29, 0.717) is 18.3 Å². The molecule has 4 heteroatoms. The van der Waals surface area contributed by atoms with Gasteiger partial charge in [-0.2, -0.15) is 0 Å². The summed E-state index contributed by atoms with van der Waals surface area (Å²) >= 11 is 3.22. The third kappa shape index (κ3) is 3.91. The molecule has 15 heavy (non-hydrogen) atoms. The molecule has 0 unspecified atom stereocenters. The van der Waals surface area contributed by atoms with Gasteiger partial charge < -0.3 is 10.1 Å². The molecular weight excluding hydrogens is 258 g/mol. The van der Waals surface area contributed by atoms with Crippen molar-refractivity contribution >= 4 is 21.8 Å². The molecule has 1 amide bonds. The molecule has 82 valence electrons. The summed E-state index contributed by atoms with van der Waals surface area (Å²) in [6.45, 7) is 0.510. The fraction of sp³-hybridized carbons (Fsp3) is 0.364. The predicted octanol–water partition coefficient (Wildman–Crippen LogP) is 2.10. The van der Waals surface area contributed by atoms with E-state index in [0.717, 1.165) is 11.3 Å². The van der Waals surface area contributed by atoms with Crippen LogP contribution in [0.4, 0.5) is 0 Å². The molecule has 1 aromatic carbocycles. The van der Waals surface area contributed by atoms with Crippen LogP contribution in [-0.4, -0.2) is 18.3 Å². The smallest absolute Gasteiger partial charge is 0.221 e. The van der Waals surface area contributed by atoms with Gasteiger partial charge >= 0.3 is 0 Å². The van der Waals surface area contributed by atoms with Crippen LogP contribution < -0.4 is 10.1 Å². The van der Waals surface area contributed by atoms with Crippen molar-refractivity contribution in [3.8, 4) is 5.75 Å². The van der Waals surface area contributed by atoms with E-state index in [9.17, 15) is 4.79 Å². The number of benzene rings is 1. The number of nitrogens with one attached hydrogen (secondary N) is 1.